The fourth-order valence-electron chi connectivity index (χ4n) is 1.68. The highest BCUT2D eigenvalue weighted by Gasteiger charge is 2.19. The molecule has 15 heteroatoms. The SMILES string of the molecule is CCOCCNc1nc(Br)c(F)cc1[N+](=O)[O-].O=[N+]([O-])c1cc(F)c(Br)nc1F. The summed E-state index contributed by atoms with van der Waals surface area (Å²) in [5.41, 5.74) is -1.38. The Kier molecular flexibility index (Phi) is 9.84. The van der Waals surface area contributed by atoms with E-state index in [4.69, 9.17) is 4.74 Å². The summed E-state index contributed by atoms with van der Waals surface area (Å²) >= 11 is 5.45. The first-order chi connectivity index (χ1) is 13.6. The smallest absolute Gasteiger partial charge is 0.326 e. The van der Waals surface area contributed by atoms with Crippen LogP contribution in [0.4, 0.5) is 30.4 Å². The monoisotopic (exact) mass is 545 g/mol. The zero-order valence-electron chi connectivity index (χ0n) is 14.5. The van der Waals surface area contributed by atoms with Crippen molar-refractivity contribution < 1.29 is 27.8 Å². The van der Waals surface area contributed by atoms with Gasteiger partial charge in [-0.15, -0.1) is 0 Å². The summed E-state index contributed by atoms with van der Waals surface area (Å²) in [5.74, 6) is -3.04. The predicted octanol–water partition coefficient (Wildman–Crippen LogP) is 4.37. The van der Waals surface area contributed by atoms with Gasteiger partial charge in [-0.1, -0.05) is 0 Å². The van der Waals surface area contributed by atoms with Crippen LogP contribution in [0.3, 0.4) is 0 Å². The van der Waals surface area contributed by atoms with Crippen LogP contribution in [-0.4, -0.2) is 39.6 Å². The molecule has 0 aliphatic heterocycles. The number of rotatable bonds is 7. The minimum Gasteiger partial charge on any atom is -0.380 e. The Labute approximate surface area is 178 Å². The highest BCUT2D eigenvalue weighted by Crippen LogP contribution is 2.26. The second kappa shape index (κ2) is 11.6. The van der Waals surface area contributed by atoms with Crippen LogP contribution in [0.5, 0.6) is 0 Å². The summed E-state index contributed by atoms with van der Waals surface area (Å²) in [6.07, 6.45) is 0. The fourth-order valence-corrected chi connectivity index (χ4v) is 2.24. The van der Waals surface area contributed by atoms with Gasteiger partial charge < -0.3 is 10.1 Å². The molecular weight excluding hydrogens is 535 g/mol. The standard InChI is InChI=1S/C9H11BrFN3O3.C5HBrF2N2O2/c1-2-17-4-3-12-9-7(14(15)16)5-6(11)8(10)13-9;6-4-2(7)1-3(10(11)12)5(8)9-4/h5H,2-4H2,1H3,(H,12,13);1H. The number of anilines is 1. The van der Waals surface area contributed by atoms with Crippen molar-refractivity contribution in [1.82, 2.24) is 9.97 Å². The molecule has 2 heterocycles. The van der Waals surface area contributed by atoms with E-state index in [2.05, 4.69) is 47.1 Å². The van der Waals surface area contributed by atoms with Crippen molar-refractivity contribution in [2.75, 3.05) is 25.1 Å². The van der Waals surface area contributed by atoms with E-state index < -0.39 is 38.8 Å². The number of nitrogens with one attached hydrogen (secondary N) is 1. The molecule has 0 saturated heterocycles. The second-order valence-corrected chi connectivity index (χ2v) is 6.34. The van der Waals surface area contributed by atoms with Crippen molar-refractivity contribution in [3.8, 4) is 0 Å². The Morgan fingerprint density at radius 2 is 1.55 bits per heavy atom. The fraction of sp³-hybridized carbons (Fsp3) is 0.286. The van der Waals surface area contributed by atoms with Crippen LogP contribution < -0.4 is 5.32 Å². The summed E-state index contributed by atoms with van der Waals surface area (Å²) in [7, 11) is 0. The quantitative estimate of drug-likeness (QED) is 0.234. The minimum absolute atomic E-state index is 0.0166. The van der Waals surface area contributed by atoms with Crippen molar-refractivity contribution in [2.24, 2.45) is 0 Å². The van der Waals surface area contributed by atoms with E-state index in [1.807, 2.05) is 6.92 Å². The summed E-state index contributed by atoms with van der Waals surface area (Å²) in [5, 5.41) is 23.4. The zero-order valence-corrected chi connectivity index (χ0v) is 17.7. The molecule has 0 aromatic carbocycles. The summed E-state index contributed by atoms with van der Waals surface area (Å²) in [6.45, 7) is 3.16. The maximum Gasteiger partial charge on any atom is 0.326 e. The van der Waals surface area contributed by atoms with Crippen LogP contribution in [0.2, 0.25) is 0 Å². The Morgan fingerprint density at radius 3 is 2.07 bits per heavy atom. The van der Waals surface area contributed by atoms with Gasteiger partial charge in [0, 0.05) is 13.2 Å². The number of halogens is 5. The molecular formula is C14H12Br2F3N5O5. The van der Waals surface area contributed by atoms with E-state index in [9.17, 15) is 33.4 Å². The van der Waals surface area contributed by atoms with Gasteiger partial charge in [0.2, 0.25) is 5.82 Å². The maximum absolute atomic E-state index is 13.1. The Morgan fingerprint density at radius 1 is 1.03 bits per heavy atom. The number of nitro groups is 2. The van der Waals surface area contributed by atoms with Gasteiger partial charge in [0.05, 0.1) is 28.6 Å². The lowest BCUT2D eigenvalue weighted by atomic mass is 10.4. The highest BCUT2D eigenvalue weighted by atomic mass is 79.9. The van der Waals surface area contributed by atoms with E-state index in [0.717, 1.165) is 6.07 Å². The molecule has 0 aliphatic rings. The van der Waals surface area contributed by atoms with Gasteiger partial charge in [-0.2, -0.15) is 4.39 Å². The van der Waals surface area contributed by atoms with Gasteiger partial charge >= 0.3 is 11.4 Å². The van der Waals surface area contributed by atoms with Crippen molar-refractivity contribution in [3.05, 3.63) is 59.1 Å². The van der Waals surface area contributed by atoms with Crippen LogP contribution in [0.15, 0.2) is 21.3 Å². The molecule has 29 heavy (non-hydrogen) atoms. The molecule has 0 radical (unpaired) electrons. The molecule has 0 amide bonds. The summed E-state index contributed by atoms with van der Waals surface area (Å²) < 4.78 is 42.8. The van der Waals surface area contributed by atoms with Gasteiger partial charge in [0.15, 0.2) is 11.6 Å². The Balaban J connectivity index is 0.000000308. The lowest BCUT2D eigenvalue weighted by molar-refractivity contribution is -0.388. The van der Waals surface area contributed by atoms with Crippen molar-refractivity contribution in [1.29, 1.82) is 0 Å². The molecule has 0 aliphatic carbocycles. The third-order valence-electron chi connectivity index (χ3n) is 2.92. The molecule has 2 aromatic heterocycles. The van der Waals surface area contributed by atoms with Crippen LogP contribution in [-0.2, 0) is 4.74 Å². The van der Waals surface area contributed by atoms with Crippen molar-refractivity contribution in [2.45, 2.75) is 6.92 Å². The Bertz CT molecular complexity index is 906. The van der Waals surface area contributed by atoms with E-state index in [0.29, 0.717) is 25.8 Å². The lowest BCUT2D eigenvalue weighted by Crippen LogP contribution is -2.12. The Hall–Kier alpha value is -2.39. The second-order valence-electron chi connectivity index (χ2n) is 4.84. The third kappa shape index (κ3) is 7.51. The minimum atomic E-state index is -1.31. The first kappa shape index (κ1) is 24.6. The van der Waals surface area contributed by atoms with Crippen LogP contribution in [0.1, 0.15) is 6.92 Å². The first-order valence-electron chi connectivity index (χ1n) is 7.56. The molecule has 0 bridgehead atoms. The molecule has 2 aromatic rings. The molecule has 0 atom stereocenters. The number of nitrogens with zero attached hydrogens (tertiary/aromatic N) is 4. The summed E-state index contributed by atoms with van der Waals surface area (Å²) in [4.78, 5) is 25.6. The van der Waals surface area contributed by atoms with Gasteiger partial charge in [0.1, 0.15) is 9.21 Å². The van der Waals surface area contributed by atoms with Gasteiger partial charge in [-0.05, 0) is 38.8 Å². The average molecular weight is 547 g/mol. The molecule has 10 nitrogen and oxygen atoms in total. The number of hydrogen-bond donors (Lipinski definition) is 1. The van der Waals surface area contributed by atoms with Crippen molar-refractivity contribution in [3.63, 3.8) is 0 Å². The van der Waals surface area contributed by atoms with E-state index in [1.165, 1.54) is 0 Å². The van der Waals surface area contributed by atoms with Gasteiger partial charge in [-0.25, -0.2) is 18.7 Å². The number of aromatic nitrogens is 2. The first-order valence-corrected chi connectivity index (χ1v) is 9.15. The lowest BCUT2D eigenvalue weighted by Gasteiger charge is -2.06. The van der Waals surface area contributed by atoms with E-state index in [1.54, 1.807) is 0 Å². The van der Waals surface area contributed by atoms with Gasteiger partial charge in [0.25, 0.3) is 5.95 Å². The molecule has 0 spiro atoms. The summed E-state index contributed by atoms with van der Waals surface area (Å²) in [6, 6.07) is 1.28. The molecule has 0 fully saturated rings. The van der Waals surface area contributed by atoms with E-state index in [-0.39, 0.29) is 15.0 Å². The van der Waals surface area contributed by atoms with Crippen LogP contribution in [0, 0.1) is 37.8 Å². The van der Waals surface area contributed by atoms with E-state index >= 15 is 0 Å². The topological polar surface area (TPSA) is 133 Å². The molecule has 0 saturated carbocycles. The predicted molar refractivity (Wildman–Crippen MR) is 102 cm³/mol. The maximum atomic E-state index is 13.1. The highest BCUT2D eigenvalue weighted by molar-refractivity contribution is 9.10. The molecule has 2 rings (SSSR count). The number of pyridine rings is 2. The number of hydrogen-bond acceptors (Lipinski definition) is 8. The molecule has 0 unspecified atom stereocenters. The van der Waals surface area contributed by atoms with Gasteiger partial charge in [-0.3, -0.25) is 20.2 Å². The molecule has 1 N–H and O–H groups in total. The third-order valence-corrected chi connectivity index (χ3v) is 4.03. The average Bonchev–Trinajstić information content (AvgIpc) is 2.64. The number of ether oxygens (including phenoxy) is 1. The van der Waals surface area contributed by atoms with Crippen LogP contribution >= 0.6 is 31.9 Å². The van der Waals surface area contributed by atoms with Crippen molar-refractivity contribution >= 4 is 49.1 Å². The zero-order chi connectivity index (χ0) is 22.1. The normalized spacial score (nSPS) is 10.1. The largest absolute Gasteiger partial charge is 0.380 e. The molecule has 158 valence electrons. The van der Waals surface area contributed by atoms with Crippen LogP contribution in [0.25, 0.3) is 0 Å².